The van der Waals surface area contributed by atoms with E-state index in [2.05, 4.69) is 37.2 Å². The first kappa shape index (κ1) is 93.1. The van der Waals surface area contributed by atoms with Gasteiger partial charge in [0.1, 0.15) is 78.8 Å². The van der Waals surface area contributed by atoms with E-state index in [1.165, 1.54) is 0 Å². The molecule has 37 nitrogen and oxygen atoms in total. The van der Waals surface area contributed by atoms with Gasteiger partial charge >= 0.3 is 5.97 Å². The zero-order valence-electron chi connectivity index (χ0n) is 59.8. The molecule has 20 N–H and O–H groups in total. The number of carboxylic acids is 1. The first-order chi connectivity index (χ1) is 50.0. The zero-order valence-corrected chi connectivity index (χ0v) is 59.8. The zero-order chi connectivity index (χ0) is 76.5. The van der Waals surface area contributed by atoms with Crippen LogP contribution in [0.3, 0.4) is 0 Å². The van der Waals surface area contributed by atoms with Crippen molar-refractivity contribution in [1.82, 2.24) is 37.2 Å². The molecule has 15 atom stereocenters. The van der Waals surface area contributed by atoms with Gasteiger partial charge in [0, 0.05) is 110 Å². The van der Waals surface area contributed by atoms with Gasteiger partial charge in [0.05, 0.1) is 59.5 Å². The van der Waals surface area contributed by atoms with Crippen LogP contribution in [0, 0.1) is 0 Å². The maximum Gasteiger partial charge on any atom is 0.303 e. The monoisotopic (exact) mass is 1500 g/mol. The van der Waals surface area contributed by atoms with E-state index in [1.807, 2.05) is 0 Å². The molecule has 3 saturated heterocycles. The van der Waals surface area contributed by atoms with Crippen molar-refractivity contribution in [1.29, 1.82) is 0 Å². The summed E-state index contributed by atoms with van der Waals surface area (Å²) in [6.45, 7) is -1.22. The number of carboxylic acid groups (broad SMARTS) is 1. The number of aliphatic hydroxyl groups is 12. The molecular formula is C67H121N7O30. The van der Waals surface area contributed by atoms with Crippen LogP contribution >= 0.6 is 0 Å². The van der Waals surface area contributed by atoms with Crippen molar-refractivity contribution in [3.63, 3.8) is 0 Å². The molecule has 3 aliphatic heterocycles. The molecule has 0 saturated carbocycles. The number of unbranched alkanes of at least 4 members (excludes halogenated alkanes) is 10. The number of hydrogen-bond donors (Lipinski definition) is 20. The third-order valence-corrected chi connectivity index (χ3v) is 17.3. The molecule has 0 aliphatic carbocycles. The standard InChI is InChI=1S/C67H121N7O30/c75-38-44-55(87)58(90)61(93)64(102-44)99-32-12-9-18-47(78)68-26-15-29-71-50(81)23-35-96-41-67(74-53(84)21-7-5-3-1-2-4-6-8-22-54(85)86,42-97-36-24-51(82)72-30-16-27-69-48(79)19-10-13-33-100-65-62(94)59(91)56(88)45(39-76)103-65)43-98-37-25-52(83)73-31-17-28-70-49(80)20-11-14-34-101-66-63(95)60(92)57(89)46(40-77)104-66/h44-46,55-66,75-77,87-95H,1-43H2,(H,68,78)(H,69,79)(H,70,80)(H,71,81)(H,72,82)(H,73,83)(H,74,84)(H,85,86)/t44?,45?,46?,55-,56-,57-,58?,59?,60?,61?,62?,63?,64+,65+,66+,67?/m1/s1. The first-order valence-corrected chi connectivity index (χ1v) is 36.6. The molecule has 0 aromatic heterocycles. The summed E-state index contributed by atoms with van der Waals surface area (Å²) in [5.74, 6) is -3.04. The number of aliphatic hydroxyl groups excluding tert-OH is 12. The molecule has 104 heavy (non-hydrogen) atoms. The fourth-order valence-corrected chi connectivity index (χ4v) is 11.1. The summed E-state index contributed by atoms with van der Waals surface area (Å²) < 4.78 is 50.5. The molecule has 3 aliphatic rings. The molecule has 3 heterocycles. The molecule has 3 rings (SSSR count). The van der Waals surface area contributed by atoms with Crippen molar-refractivity contribution in [2.24, 2.45) is 0 Å². The Balaban J connectivity index is 1.51. The quantitative estimate of drug-likeness (QED) is 0.0253. The minimum absolute atomic E-state index is 0.0659. The van der Waals surface area contributed by atoms with E-state index in [4.69, 9.17) is 47.7 Å². The normalized spacial score (nSPS) is 25.3. The Labute approximate surface area is 606 Å². The summed E-state index contributed by atoms with van der Waals surface area (Å²) >= 11 is 0. The highest BCUT2D eigenvalue weighted by Gasteiger charge is 2.46. The van der Waals surface area contributed by atoms with Crippen LogP contribution in [0.25, 0.3) is 0 Å². The molecule has 0 bridgehead atoms. The highest BCUT2D eigenvalue weighted by atomic mass is 16.7. The molecule has 0 aromatic rings. The fourth-order valence-electron chi connectivity index (χ4n) is 11.1. The van der Waals surface area contributed by atoms with E-state index in [-0.39, 0.29) is 191 Å². The predicted octanol–water partition coefficient (Wildman–Crippen LogP) is -5.13. The van der Waals surface area contributed by atoms with Gasteiger partial charge in [0.15, 0.2) is 18.9 Å². The van der Waals surface area contributed by atoms with Gasteiger partial charge in [-0.3, -0.25) is 38.4 Å². The predicted molar refractivity (Wildman–Crippen MR) is 364 cm³/mol. The highest BCUT2D eigenvalue weighted by molar-refractivity contribution is 5.78. The number of ether oxygens (including phenoxy) is 9. The number of nitrogens with one attached hydrogen (secondary N) is 7. The topological polar surface area (TPSA) is 567 Å². The average Bonchev–Trinajstić information content (AvgIpc) is 0.839. The Morgan fingerprint density at radius 3 is 0.817 bits per heavy atom. The van der Waals surface area contributed by atoms with Crippen LogP contribution < -0.4 is 37.2 Å². The summed E-state index contributed by atoms with van der Waals surface area (Å²) in [7, 11) is 0. The van der Waals surface area contributed by atoms with Gasteiger partial charge in [0.2, 0.25) is 41.4 Å². The van der Waals surface area contributed by atoms with Gasteiger partial charge in [-0.15, -0.1) is 0 Å². The third kappa shape index (κ3) is 39.2. The number of carbonyl (C=O) groups is 8. The molecule has 7 amide bonds. The summed E-state index contributed by atoms with van der Waals surface area (Å²) in [5, 5.41) is 147. The summed E-state index contributed by atoms with van der Waals surface area (Å²) in [5.41, 5.74) is -1.41. The number of hydrogen-bond acceptors (Lipinski definition) is 29. The largest absolute Gasteiger partial charge is 0.481 e. The van der Waals surface area contributed by atoms with E-state index in [1.54, 1.807) is 0 Å². The van der Waals surface area contributed by atoms with Gasteiger partial charge < -0.3 is 146 Å². The van der Waals surface area contributed by atoms with Crippen LogP contribution in [0.2, 0.25) is 0 Å². The maximum atomic E-state index is 13.8. The molecular weight excluding hydrogens is 1380 g/mol. The van der Waals surface area contributed by atoms with E-state index in [0.717, 1.165) is 38.5 Å². The average molecular weight is 1500 g/mol. The van der Waals surface area contributed by atoms with Crippen LogP contribution in [0.5, 0.6) is 0 Å². The smallest absolute Gasteiger partial charge is 0.303 e. The number of amides is 7. The number of rotatable bonds is 60. The van der Waals surface area contributed by atoms with Crippen molar-refractivity contribution >= 4 is 47.3 Å². The van der Waals surface area contributed by atoms with E-state index < -0.39 is 123 Å². The van der Waals surface area contributed by atoms with Crippen molar-refractivity contribution in [2.45, 2.75) is 258 Å². The molecule has 3 fully saturated rings. The van der Waals surface area contributed by atoms with Crippen LogP contribution in [0.4, 0.5) is 0 Å². The Morgan fingerprint density at radius 2 is 0.538 bits per heavy atom. The van der Waals surface area contributed by atoms with Gasteiger partial charge in [-0.1, -0.05) is 38.5 Å². The van der Waals surface area contributed by atoms with Gasteiger partial charge in [-0.25, -0.2) is 0 Å². The molecule has 37 heteroatoms. The Morgan fingerprint density at radius 1 is 0.288 bits per heavy atom. The Hall–Kier alpha value is -5.08. The van der Waals surface area contributed by atoms with Crippen LogP contribution in [0.15, 0.2) is 0 Å². The lowest BCUT2D eigenvalue weighted by Gasteiger charge is -2.39. The van der Waals surface area contributed by atoms with Crippen molar-refractivity contribution in [3.8, 4) is 0 Å². The van der Waals surface area contributed by atoms with E-state index >= 15 is 0 Å². The van der Waals surface area contributed by atoms with Crippen LogP contribution in [-0.2, 0) is 81.0 Å². The number of aliphatic carboxylic acids is 1. The lowest BCUT2D eigenvalue weighted by atomic mass is 9.99. The van der Waals surface area contributed by atoms with Crippen molar-refractivity contribution < 1.29 is 147 Å². The minimum Gasteiger partial charge on any atom is -0.481 e. The van der Waals surface area contributed by atoms with Gasteiger partial charge in [-0.2, -0.15) is 0 Å². The van der Waals surface area contributed by atoms with E-state index in [9.17, 15) is 99.6 Å². The summed E-state index contributed by atoms with van der Waals surface area (Å²) in [6, 6.07) is 0. The second-order valence-electron chi connectivity index (χ2n) is 26.2. The lowest BCUT2D eigenvalue weighted by Crippen LogP contribution is -2.59. The SMILES string of the molecule is O=C(O)CCCCCCCCCCC(=O)NC(COCCC(=O)NCCCNC(=O)CCCCO[C@H]1OC(CO)[C@@H](O)C(O)C1O)(COCCC(=O)NCCCNC(=O)CCCCO[C@H]1OC(CO)[C@@H](O)C(O)C1O)COCCC(=O)NCCCNC(=O)CCCCO[C@H]1OC(CO)[C@@H](O)C(O)C1O. The Bertz CT molecular complexity index is 2180. The molecule has 0 spiro atoms. The summed E-state index contributed by atoms with van der Waals surface area (Å²) in [6.07, 6.45) is -10.7. The fraction of sp³-hybridized carbons (Fsp3) is 0.881. The Kier molecular flexibility index (Phi) is 49.6. The lowest BCUT2D eigenvalue weighted by molar-refractivity contribution is -0.301. The number of carbonyl (C=O) groups excluding carboxylic acids is 7. The van der Waals surface area contributed by atoms with Crippen LogP contribution in [0.1, 0.15) is 161 Å². The molecule has 9 unspecified atom stereocenters. The van der Waals surface area contributed by atoms with Crippen LogP contribution in [-0.4, -0.2) is 330 Å². The van der Waals surface area contributed by atoms with Gasteiger partial charge in [-0.05, 0) is 70.6 Å². The van der Waals surface area contributed by atoms with Gasteiger partial charge in [0.25, 0.3) is 0 Å². The minimum atomic E-state index is -1.57. The maximum absolute atomic E-state index is 13.8. The highest BCUT2D eigenvalue weighted by Crippen LogP contribution is 2.25. The molecule has 0 aromatic carbocycles. The third-order valence-electron chi connectivity index (χ3n) is 17.3. The summed E-state index contributed by atoms with van der Waals surface area (Å²) in [4.78, 5) is 101. The van der Waals surface area contributed by atoms with Crippen molar-refractivity contribution in [3.05, 3.63) is 0 Å². The second kappa shape index (κ2) is 55.3. The van der Waals surface area contributed by atoms with E-state index in [0.29, 0.717) is 70.6 Å². The molecule has 604 valence electrons. The first-order valence-electron chi connectivity index (χ1n) is 36.6. The second-order valence-corrected chi connectivity index (χ2v) is 26.2. The molecule has 0 radical (unpaired) electrons. The van der Waals surface area contributed by atoms with Crippen molar-refractivity contribution in [2.75, 3.05) is 119 Å².